The number of carbonyl (C=O) groups excluding carboxylic acids is 1. The van der Waals surface area contributed by atoms with E-state index < -0.39 is 17.8 Å². The molecule has 0 radical (unpaired) electrons. The lowest BCUT2D eigenvalue weighted by Gasteiger charge is -2.41. The lowest BCUT2D eigenvalue weighted by Crippen LogP contribution is -2.56. The summed E-state index contributed by atoms with van der Waals surface area (Å²) in [6, 6.07) is 5.24. The summed E-state index contributed by atoms with van der Waals surface area (Å²) in [5.74, 6) is 3.55. The zero-order valence-electron chi connectivity index (χ0n) is 28.0. The normalized spacial score (nSPS) is 21.5. The van der Waals surface area contributed by atoms with Gasteiger partial charge < -0.3 is 24.5 Å². The molecule has 1 aliphatic carbocycles. The van der Waals surface area contributed by atoms with Crippen LogP contribution in [0.15, 0.2) is 30.5 Å². The number of alkyl halides is 1. The predicted molar refractivity (Wildman–Crippen MR) is 187 cm³/mol. The largest absolute Gasteiger partial charge is 0.508 e. The van der Waals surface area contributed by atoms with E-state index in [-0.39, 0.29) is 69.3 Å². The van der Waals surface area contributed by atoms with Crippen LogP contribution in [0.2, 0.25) is 0 Å². The number of anilines is 1. The molecule has 2 atom stereocenters. The minimum Gasteiger partial charge on any atom is -0.508 e. The highest BCUT2D eigenvalue weighted by Gasteiger charge is 2.46. The zero-order valence-corrected chi connectivity index (χ0v) is 28.0. The molecule has 1 amide bonds. The van der Waals surface area contributed by atoms with Crippen molar-refractivity contribution in [1.82, 2.24) is 24.8 Å². The van der Waals surface area contributed by atoms with Crippen LogP contribution in [-0.2, 0) is 4.79 Å². The summed E-state index contributed by atoms with van der Waals surface area (Å²) >= 11 is 0. The molecule has 1 N–H and O–H groups in total. The Bertz CT molecular complexity index is 2120. The van der Waals surface area contributed by atoms with Gasteiger partial charge in [-0.25, -0.2) is 13.2 Å². The highest BCUT2D eigenvalue weighted by atomic mass is 19.1. The lowest BCUT2D eigenvalue weighted by atomic mass is 9.96. The van der Waals surface area contributed by atoms with E-state index in [0.717, 1.165) is 32.2 Å². The second-order valence-corrected chi connectivity index (χ2v) is 14.4. The van der Waals surface area contributed by atoms with E-state index in [1.54, 1.807) is 0 Å². The van der Waals surface area contributed by atoms with Gasteiger partial charge in [0, 0.05) is 67.4 Å². The molecule has 0 spiro atoms. The quantitative estimate of drug-likeness (QED) is 0.238. The number of terminal acetylenes is 2. The van der Waals surface area contributed by atoms with Gasteiger partial charge in [-0.3, -0.25) is 9.78 Å². The topological polar surface area (TPSA) is 94.9 Å². The van der Waals surface area contributed by atoms with E-state index in [1.165, 1.54) is 30.5 Å². The molecular formula is C39H37F3N6O3. The molecule has 262 valence electrons. The molecule has 4 aliphatic rings. The number of aromatic nitrogens is 3. The molecule has 3 aliphatic heterocycles. The smallest absolute Gasteiger partial charge is 0.319 e. The number of fused-ring (bicyclic) bond motifs is 4. The van der Waals surface area contributed by atoms with Crippen LogP contribution in [0.4, 0.5) is 19.0 Å². The van der Waals surface area contributed by atoms with Crippen molar-refractivity contribution in [3.05, 3.63) is 47.7 Å². The summed E-state index contributed by atoms with van der Waals surface area (Å²) in [6.07, 6.45) is 16.5. The molecule has 9 nitrogen and oxygen atoms in total. The summed E-state index contributed by atoms with van der Waals surface area (Å²) in [4.78, 5) is 33.0. The van der Waals surface area contributed by atoms with Crippen molar-refractivity contribution in [3.8, 4) is 47.7 Å². The van der Waals surface area contributed by atoms with E-state index in [2.05, 4.69) is 26.7 Å². The van der Waals surface area contributed by atoms with Crippen LogP contribution in [0, 0.1) is 41.7 Å². The van der Waals surface area contributed by atoms with E-state index in [9.17, 15) is 18.7 Å². The number of benzene rings is 2. The summed E-state index contributed by atoms with van der Waals surface area (Å²) in [5.41, 5.74) is -0.299. The van der Waals surface area contributed by atoms with Crippen LogP contribution in [0.1, 0.15) is 50.5 Å². The monoisotopic (exact) mass is 694 g/mol. The second-order valence-electron chi connectivity index (χ2n) is 14.4. The van der Waals surface area contributed by atoms with Crippen molar-refractivity contribution in [2.24, 2.45) is 5.41 Å². The average molecular weight is 695 g/mol. The molecular weight excluding hydrogens is 657 g/mol. The highest BCUT2D eigenvalue weighted by molar-refractivity contribution is 6.03. The van der Waals surface area contributed by atoms with Gasteiger partial charge in [-0.2, -0.15) is 9.97 Å². The molecule has 8 rings (SSSR count). The van der Waals surface area contributed by atoms with Crippen LogP contribution >= 0.6 is 0 Å². The minimum absolute atomic E-state index is 0.00315. The molecule has 2 aromatic heterocycles. The van der Waals surface area contributed by atoms with Crippen LogP contribution < -0.4 is 9.64 Å². The molecule has 4 fully saturated rings. The Morgan fingerprint density at radius 3 is 2.49 bits per heavy atom. The van der Waals surface area contributed by atoms with Crippen molar-refractivity contribution >= 4 is 33.4 Å². The number of hydrogen-bond donors (Lipinski definition) is 1. The first-order valence-electron chi connectivity index (χ1n) is 17.4. The van der Waals surface area contributed by atoms with E-state index in [1.807, 2.05) is 9.80 Å². The Kier molecular flexibility index (Phi) is 8.38. The number of carbonyl (C=O) groups is 1. The highest BCUT2D eigenvalue weighted by Crippen LogP contribution is 2.47. The third-order valence-electron chi connectivity index (χ3n) is 11.0. The average Bonchev–Trinajstić information content (AvgIpc) is 3.83. The number of phenolic OH excluding ortho intramolecular Hbond substituents is 1. The Labute approximate surface area is 293 Å². The van der Waals surface area contributed by atoms with Crippen LogP contribution in [-0.4, -0.2) is 93.4 Å². The second kappa shape index (κ2) is 12.9. The fraction of sp³-hybridized carbons (Fsp3) is 0.436. The Hall–Kier alpha value is -5.07. The predicted octanol–water partition coefficient (Wildman–Crippen LogP) is 5.61. The van der Waals surface area contributed by atoms with Crippen molar-refractivity contribution in [1.29, 1.82) is 0 Å². The maximum Gasteiger partial charge on any atom is 0.319 e. The first kappa shape index (κ1) is 33.1. The number of piperazine rings is 1. The first-order chi connectivity index (χ1) is 24.7. The summed E-state index contributed by atoms with van der Waals surface area (Å²) in [6.45, 7) is 3.41. The number of halogens is 3. The Morgan fingerprint density at radius 2 is 1.80 bits per heavy atom. The number of phenols is 1. The first-order valence-corrected chi connectivity index (χ1v) is 17.4. The van der Waals surface area contributed by atoms with Gasteiger partial charge in [-0.05, 0) is 62.1 Å². The van der Waals surface area contributed by atoms with Gasteiger partial charge in [0.15, 0.2) is 5.82 Å². The van der Waals surface area contributed by atoms with Crippen molar-refractivity contribution in [2.75, 3.05) is 44.2 Å². The van der Waals surface area contributed by atoms with Gasteiger partial charge in [0.25, 0.3) is 0 Å². The molecule has 5 heterocycles. The van der Waals surface area contributed by atoms with Gasteiger partial charge in [0.05, 0.1) is 24.0 Å². The molecule has 51 heavy (non-hydrogen) atoms. The summed E-state index contributed by atoms with van der Waals surface area (Å²) in [7, 11) is 0. The Morgan fingerprint density at radius 1 is 1.06 bits per heavy atom. The van der Waals surface area contributed by atoms with Crippen molar-refractivity contribution in [3.63, 3.8) is 0 Å². The minimum atomic E-state index is -0.804. The summed E-state index contributed by atoms with van der Waals surface area (Å²) in [5, 5.41) is 11.6. The van der Waals surface area contributed by atoms with Gasteiger partial charge in [-0.15, -0.1) is 12.8 Å². The van der Waals surface area contributed by atoms with Crippen LogP contribution in [0.25, 0.3) is 32.9 Å². The molecule has 2 bridgehead atoms. The Balaban J connectivity index is 1.20. The standard InChI is InChI=1S/C39H37F3N6O3/c1-3-5-32(50)48-25-7-8-26(48)20-47(19-25)37-30-18-43-35(29-17-27(49)16-23-6-9-31(41)28(4-2)33(23)29)34(42)36(30)44-38(45-37)51-22-39(12-13-39)21-46-14-10-24(40)11-15-46/h1-2,6,9,16-18,24-26,49H,5,7-8,10-15,19-22H2. The van der Waals surface area contributed by atoms with Crippen molar-refractivity contribution in [2.45, 2.75) is 63.2 Å². The zero-order chi connectivity index (χ0) is 35.4. The van der Waals surface area contributed by atoms with E-state index in [0.29, 0.717) is 62.2 Å². The number of hydrogen-bond acceptors (Lipinski definition) is 8. The number of ether oxygens (including phenoxy) is 1. The van der Waals surface area contributed by atoms with Crippen molar-refractivity contribution < 1.29 is 27.8 Å². The van der Waals surface area contributed by atoms with Gasteiger partial charge in [0.2, 0.25) is 5.91 Å². The van der Waals surface area contributed by atoms with Gasteiger partial charge >= 0.3 is 6.01 Å². The lowest BCUT2D eigenvalue weighted by molar-refractivity contribution is -0.133. The number of amides is 1. The third-order valence-corrected chi connectivity index (χ3v) is 11.0. The molecule has 2 unspecified atom stereocenters. The number of nitrogens with zero attached hydrogens (tertiary/aromatic N) is 6. The molecule has 4 aromatic rings. The number of pyridine rings is 1. The van der Waals surface area contributed by atoms with Gasteiger partial charge in [-0.1, -0.05) is 17.9 Å². The van der Waals surface area contributed by atoms with Gasteiger partial charge in [0.1, 0.15) is 34.8 Å². The van der Waals surface area contributed by atoms with E-state index >= 15 is 4.39 Å². The number of aromatic hydroxyl groups is 1. The fourth-order valence-electron chi connectivity index (χ4n) is 8.21. The summed E-state index contributed by atoms with van der Waals surface area (Å²) < 4.78 is 52.0. The molecule has 2 aromatic carbocycles. The number of piperidine rings is 1. The van der Waals surface area contributed by atoms with E-state index in [4.69, 9.17) is 22.6 Å². The molecule has 1 saturated carbocycles. The third kappa shape index (κ3) is 6.06. The maximum atomic E-state index is 17.0. The maximum absolute atomic E-state index is 17.0. The number of likely N-dealkylation sites (tertiary alicyclic amines) is 1. The molecule has 12 heteroatoms. The molecule has 3 saturated heterocycles. The number of rotatable bonds is 8. The SMILES string of the molecule is C#CCC(=O)N1C2CCC1CN(c1nc(OCC3(CN4CCC(F)CC4)CC3)nc3c(F)c(-c4cc(O)cc5ccc(F)c(C#C)c45)ncc13)C2. The van der Waals surface area contributed by atoms with Crippen LogP contribution in [0.5, 0.6) is 11.8 Å². The van der Waals surface area contributed by atoms with Crippen LogP contribution in [0.3, 0.4) is 0 Å². The fourth-order valence-corrected chi connectivity index (χ4v) is 8.21.